The lowest BCUT2D eigenvalue weighted by atomic mass is 9.90. The minimum Gasteiger partial charge on any atom is -0.508 e. The number of allylic oxidation sites excluding steroid dienone is 2. The molecule has 1 aliphatic heterocycles. The van der Waals surface area contributed by atoms with Crippen molar-refractivity contribution in [2.45, 2.75) is 46.0 Å². The number of benzene rings is 1. The van der Waals surface area contributed by atoms with Gasteiger partial charge in [0.15, 0.2) is 0 Å². The summed E-state index contributed by atoms with van der Waals surface area (Å²) in [7, 11) is 0. The zero-order chi connectivity index (χ0) is 19.4. The van der Waals surface area contributed by atoms with Crippen molar-refractivity contribution >= 4 is 22.9 Å². The summed E-state index contributed by atoms with van der Waals surface area (Å²) >= 11 is 7.79. The highest BCUT2D eigenvalue weighted by Crippen LogP contribution is 2.37. The van der Waals surface area contributed by atoms with Gasteiger partial charge in [-0.2, -0.15) is 0 Å². The number of thiophene rings is 1. The first-order valence-electron chi connectivity index (χ1n) is 9.59. The fraction of sp³-hybridized carbons (Fsp3) is 0.391. The maximum Gasteiger partial charge on any atom is 0.122 e. The Morgan fingerprint density at radius 3 is 2.41 bits per heavy atom. The van der Waals surface area contributed by atoms with Gasteiger partial charge in [-0.15, -0.1) is 11.3 Å². The molecule has 1 N–H and O–H groups in total. The maximum absolute atomic E-state index is 10.8. The summed E-state index contributed by atoms with van der Waals surface area (Å²) in [6.07, 6.45) is 4.63. The number of aliphatic hydroxyl groups is 1. The van der Waals surface area contributed by atoms with Crippen LogP contribution >= 0.6 is 22.9 Å². The van der Waals surface area contributed by atoms with Crippen LogP contribution in [0.4, 0.5) is 0 Å². The molecule has 4 heteroatoms. The molecule has 3 rings (SSSR count). The van der Waals surface area contributed by atoms with Gasteiger partial charge in [-0.25, -0.2) is 0 Å². The number of halogens is 1. The predicted molar refractivity (Wildman–Crippen MR) is 115 cm³/mol. The highest BCUT2D eigenvalue weighted by molar-refractivity contribution is 7.12. The number of hydrogen-bond acceptors (Lipinski definition) is 3. The van der Waals surface area contributed by atoms with Crippen molar-refractivity contribution in [3.8, 4) is 0 Å². The molecular formula is C23H27ClO2S. The van der Waals surface area contributed by atoms with Gasteiger partial charge in [0, 0.05) is 38.3 Å². The molecule has 1 aromatic carbocycles. The molecule has 27 heavy (non-hydrogen) atoms. The fourth-order valence-corrected chi connectivity index (χ4v) is 4.85. The van der Waals surface area contributed by atoms with Crippen molar-refractivity contribution < 1.29 is 9.84 Å². The topological polar surface area (TPSA) is 29.5 Å². The zero-order valence-electron chi connectivity index (χ0n) is 16.2. The van der Waals surface area contributed by atoms with Crippen LogP contribution in [0.2, 0.25) is 5.02 Å². The van der Waals surface area contributed by atoms with E-state index in [1.165, 1.54) is 15.3 Å². The number of aliphatic hydroxyl groups excluding tert-OH is 1. The Kier molecular flexibility index (Phi) is 6.67. The van der Waals surface area contributed by atoms with E-state index in [1.807, 2.05) is 18.2 Å². The van der Waals surface area contributed by atoms with Crippen molar-refractivity contribution in [3.63, 3.8) is 0 Å². The molecule has 2 aromatic rings. The van der Waals surface area contributed by atoms with Gasteiger partial charge in [0.1, 0.15) is 18.1 Å². The van der Waals surface area contributed by atoms with Gasteiger partial charge < -0.3 is 9.84 Å². The quantitative estimate of drug-likeness (QED) is 0.530. The average Bonchev–Trinajstić information content (AvgIpc) is 3.09. The summed E-state index contributed by atoms with van der Waals surface area (Å²) in [5.41, 5.74) is 2.22. The van der Waals surface area contributed by atoms with E-state index in [-0.39, 0.29) is 11.8 Å². The van der Waals surface area contributed by atoms with E-state index in [4.69, 9.17) is 16.3 Å². The molecule has 2 nitrogen and oxygen atoms in total. The van der Waals surface area contributed by atoms with Crippen LogP contribution < -0.4 is 0 Å². The van der Waals surface area contributed by atoms with Crippen LogP contribution in [0, 0.1) is 12.8 Å². The standard InChI is InChI=1S/C23H27ClO2S/c1-4-17(12-16-7-9-18(24)10-8-16)22-13-21(25)20(14-26-22)19(5-2)23-11-6-15(3)27-23/h6-11,13,17,19,25H,4-5,12,14H2,1-3H3. The van der Waals surface area contributed by atoms with Crippen LogP contribution in [0.1, 0.15) is 47.9 Å². The number of hydrogen-bond donors (Lipinski definition) is 1. The van der Waals surface area contributed by atoms with Crippen molar-refractivity contribution in [2.24, 2.45) is 5.92 Å². The third-order valence-electron chi connectivity index (χ3n) is 5.23. The van der Waals surface area contributed by atoms with Crippen LogP contribution in [0.3, 0.4) is 0 Å². The van der Waals surface area contributed by atoms with Gasteiger partial charge in [-0.05, 0) is 56.0 Å². The molecule has 0 amide bonds. The third-order valence-corrected chi connectivity index (χ3v) is 6.59. The van der Waals surface area contributed by atoms with Gasteiger partial charge in [0.2, 0.25) is 0 Å². The normalized spacial score (nSPS) is 16.7. The molecule has 0 radical (unpaired) electrons. The molecule has 0 spiro atoms. The van der Waals surface area contributed by atoms with Crippen LogP contribution in [0.15, 0.2) is 59.6 Å². The summed E-state index contributed by atoms with van der Waals surface area (Å²) in [6, 6.07) is 12.3. The molecule has 2 heterocycles. The number of aryl methyl sites for hydroxylation is 1. The van der Waals surface area contributed by atoms with E-state index >= 15 is 0 Å². The van der Waals surface area contributed by atoms with E-state index < -0.39 is 0 Å². The van der Waals surface area contributed by atoms with Gasteiger partial charge >= 0.3 is 0 Å². The Morgan fingerprint density at radius 2 is 1.85 bits per heavy atom. The van der Waals surface area contributed by atoms with Crippen LogP contribution in [-0.4, -0.2) is 11.7 Å². The first-order chi connectivity index (χ1) is 13.0. The SMILES string of the molecule is CCC(Cc1ccc(Cl)cc1)C1=CC(O)=C(C(CC)c2ccc(C)s2)CO1. The molecule has 1 aliphatic rings. The molecular weight excluding hydrogens is 376 g/mol. The lowest BCUT2D eigenvalue weighted by Gasteiger charge is -2.27. The Bertz CT molecular complexity index is 832. The molecule has 144 valence electrons. The minimum atomic E-state index is 0.220. The Balaban J connectivity index is 1.81. The molecule has 2 unspecified atom stereocenters. The Hall–Kier alpha value is -1.71. The number of ether oxygens (including phenoxy) is 1. The highest BCUT2D eigenvalue weighted by Gasteiger charge is 2.26. The monoisotopic (exact) mass is 402 g/mol. The Labute approximate surface area is 171 Å². The summed E-state index contributed by atoms with van der Waals surface area (Å²) in [6.45, 7) is 6.90. The number of rotatable bonds is 7. The maximum atomic E-state index is 10.8. The highest BCUT2D eigenvalue weighted by atomic mass is 35.5. The summed E-state index contributed by atoms with van der Waals surface area (Å²) in [5, 5.41) is 11.5. The van der Waals surface area contributed by atoms with E-state index in [9.17, 15) is 5.11 Å². The van der Waals surface area contributed by atoms with Crippen LogP contribution in [0.25, 0.3) is 0 Å². The molecule has 0 saturated heterocycles. The second kappa shape index (κ2) is 8.99. The first-order valence-corrected chi connectivity index (χ1v) is 10.8. The third kappa shape index (κ3) is 4.77. The van der Waals surface area contributed by atoms with Gasteiger partial charge in [-0.1, -0.05) is 37.6 Å². The molecule has 1 aromatic heterocycles. The second-order valence-corrected chi connectivity index (χ2v) is 8.85. The fourth-order valence-electron chi connectivity index (χ4n) is 3.63. The van der Waals surface area contributed by atoms with Crippen molar-refractivity contribution in [3.05, 3.63) is 79.9 Å². The summed E-state index contributed by atoms with van der Waals surface area (Å²) in [5.74, 6) is 1.73. The molecule has 0 aliphatic carbocycles. The smallest absolute Gasteiger partial charge is 0.122 e. The van der Waals surface area contributed by atoms with E-state index in [0.717, 1.165) is 35.6 Å². The Morgan fingerprint density at radius 1 is 1.11 bits per heavy atom. The lowest BCUT2D eigenvalue weighted by molar-refractivity contribution is 0.176. The molecule has 0 saturated carbocycles. The summed E-state index contributed by atoms with van der Waals surface area (Å²) in [4.78, 5) is 2.59. The van der Waals surface area contributed by atoms with Gasteiger partial charge in [0.25, 0.3) is 0 Å². The zero-order valence-corrected chi connectivity index (χ0v) is 17.7. The van der Waals surface area contributed by atoms with Crippen LogP contribution in [0.5, 0.6) is 0 Å². The molecule has 2 atom stereocenters. The molecule has 0 fully saturated rings. The largest absolute Gasteiger partial charge is 0.508 e. The minimum absolute atomic E-state index is 0.220. The van der Waals surface area contributed by atoms with Crippen molar-refractivity contribution in [1.29, 1.82) is 0 Å². The van der Waals surface area contributed by atoms with Gasteiger partial charge in [0.05, 0.1) is 0 Å². The lowest BCUT2D eigenvalue weighted by Crippen LogP contribution is -2.18. The van der Waals surface area contributed by atoms with Crippen LogP contribution in [-0.2, 0) is 11.2 Å². The van der Waals surface area contributed by atoms with Crippen molar-refractivity contribution in [1.82, 2.24) is 0 Å². The predicted octanol–water partition coefficient (Wildman–Crippen LogP) is 7.20. The van der Waals surface area contributed by atoms with E-state index in [0.29, 0.717) is 12.4 Å². The average molecular weight is 403 g/mol. The molecule has 0 bridgehead atoms. The first kappa shape index (κ1) is 20.0. The second-order valence-electron chi connectivity index (χ2n) is 7.09. The van der Waals surface area contributed by atoms with Gasteiger partial charge in [-0.3, -0.25) is 0 Å². The van der Waals surface area contributed by atoms with Crippen molar-refractivity contribution in [2.75, 3.05) is 6.61 Å². The summed E-state index contributed by atoms with van der Waals surface area (Å²) < 4.78 is 6.14. The van der Waals surface area contributed by atoms with E-state index in [1.54, 1.807) is 11.3 Å². The van der Waals surface area contributed by atoms with E-state index in [2.05, 4.69) is 45.0 Å².